The van der Waals surface area contributed by atoms with Gasteiger partial charge in [-0.25, -0.2) is 4.98 Å². The third-order valence-corrected chi connectivity index (χ3v) is 4.01. The number of hydrogen-bond acceptors (Lipinski definition) is 4. The standard InChI is InChI=1S/C15H23N3O/c1-2-11-18(12-3-1)14-5-4-8-17-15(14)19-13-6-9-16-10-7-13/h4-5,8,13,16H,1-3,6-7,9-12H2. The summed E-state index contributed by atoms with van der Waals surface area (Å²) in [7, 11) is 0. The highest BCUT2D eigenvalue weighted by atomic mass is 16.5. The summed E-state index contributed by atoms with van der Waals surface area (Å²) in [6.07, 6.45) is 8.22. The number of pyridine rings is 1. The molecule has 1 aromatic rings. The number of rotatable bonds is 3. The summed E-state index contributed by atoms with van der Waals surface area (Å²) >= 11 is 0. The predicted octanol–water partition coefficient (Wildman–Crippen LogP) is 2.20. The first-order valence-corrected chi connectivity index (χ1v) is 7.51. The van der Waals surface area contributed by atoms with E-state index < -0.39 is 0 Å². The summed E-state index contributed by atoms with van der Waals surface area (Å²) in [6.45, 7) is 4.37. The van der Waals surface area contributed by atoms with E-state index >= 15 is 0 Å². The average molecular weight is 261 g/mol. The summed E-state index contributed by atoms with van der Waals surface area (Å²) in [5, 5.41) is 3.37. The van der Waals surface area contributed by atoms with E-state index in [1.54, 1.807) is 0 Å². The topological polar surface area (TPSA) is 37.4 Å². The van der Waals surface area contributed by atoms with Gasteiger partial charge in [0.15, 0.2) is 0 Å². The third-order valence-electron chi connectivity index (χ3n) is 4.01. The molecule has 3 rings (SSSR count). The second-order valence-corrected chi connectivity index (χ2v) is 5.44. The van der Waals surface area contributed by atoms with Crippen molar-refractivity contribution in [3.63, 3.8) is 0 Å². The Morgan fingerprint density at radius 2 is 1.95 bits per heavy atom. The molecule has 0 radical (unpaired) electrons. The molecular formula is C15H23N3O. The molecule has 2 fully saturated rings. The lowest BCUT2D eigenvalue weighted by Gasteiger charge is -2.31. The fourth-order valence-electron chi connectivity index (χ4n) is 2.92. The van der Waals surface area contributed by atoms with Gasteiger partial charge in [0.1, 0.15) is 6.10 Å². The van der Waals surface area contributed by atoms with Crippen molar-refractivity contribution in [3.05, 3.63) is 18.3 Å². The van der Waals surface area contributed by atoms with Gasteiger partial charge < -0.3 is 15.0 Å². The summed E-state index contributed by atoms with van der Waals surface area (Å²) in [5.41, 5.74) is 1.18. The first kappa shape index (κ1) is 12.7. The van der Waals surface area contributed by atoms with E-state index in [-0.39, 0.29) is 0 Å². The van der Waals surface area contributed by atoms with Crippen LogP contribution in [-0.2, 0) is 0 Å². The second kappa shape index (κ2) is 6.24. The van der Waals surface area contributed by atoms with Gasteiger partial charge in [-0.1, -0.05) is 0 Å². The molecule has 0 spiro atoms. The summed E-state index contributed by atoms with van der Waals surface area (Å²) < 4.78 is 6.15. The Morgan fingerprint density at radius 3 is 2.74 bits per heavy atom. The largest absolute Gasteiger partial charge is 0.473 e. The van der Waals surface area contributed by atoms with Crippen LogP contribution < -0.4 is 15.0 Å². The van der Waals surface area contributed by atoms with E-state index in [4.69, 9.17) is 4.74 Å². The Balaban J connectivity index is 1.72. The number of hydrogen-bond donors (Lipinski definition) is 1. The zero-order valence-corrected chi connectivity index (χ0v) is 11.5. The van der Waals surface area contributed by atoms with Gasteiger partial charge in [-0.05, 0) is 57.3 Å². The van der Waals surface area contributed by atoms with E-state index in [0.717, 1.165) is 44.9 Å². The molecule has 104 valence electrons. The van der Waals surface area contributed by atoms with Crippen LogP contribution in [0.15, 0.2) is 18.3 Å². The van der Waals surface area contributed by atoms with E-state index in [2.05, 4.69) is 21.3 Å². The van der Waals surface area contributed by atoms with Gasteiger partial charge >= 0.3 is 0 Å². The molecule has 0 bridgehead atoms. The van der Waals surface area contributed by atoms with E-state index in [1.807, 2.05) is 12.3 Å². The molecule has 2 aliphatic heterocycles. The van der Waals surface area contributed by atoms with Gasteiger partial charge in [0.25, 0.3) is 0 Å². The molecule has 0 unspecified atom stereocenters. The molecule has 2 aliphatic rings. The molecular weight excluding hydrogens is 238 g/mol. The average Bonchev–Trinajstić information content (AvgIpc) is 2.50. The molecule has 0 amide bonds. The number of nitrogens with one attached hydrogen (secondary N) is 1. The zero-order chi connectivity index (χ0) is 12.9. The molecule has 0 saturated carbocycles. The monoisotopic (exact) mass is 261 g/mol. The summed E-state index contributed by atoms with van der Waals surface area (Å²) in [6, 6.07) is 4.16. The van der Waals surface area contributed by atoms with Crippen molar-refractivity contribution in [2.75, 3.05) is 31.1 Å². The van der Waals surface area contributed by atoms with Gasteiger partial charge in [-0.2, -0.15) is 0 Å². The number of nitrogens with zero attached hydrogens (tertiary/aromatic N) is 2. The predicted molar refractivity (Wildman–Crippen MR) is 76.8 cm³/mol. The number of aromatic nitrogens is 1. The van der Waals surface area contributed by atoms with Crippen LogP contribution in [0.5, 0.6) is 5.88 Å². The molecule has 0 aliphatic carbocycles. The van der Waals surface area contributed by atoms with Crippen LogP contribution in [0.2, 0.25) is 0 Å². The van der Waals surface area contributed by atoms with E-state index in [9.17, 15) is 0 Å². The maximum Gasteiger partial charge on any atom is 0.237 e. The van der Waals surface area contributed by atoms with Crippen molar-refractivity contribution >= 4 is 5.69 Å². The quantitative estimate of drug-likeness (QED) is 0.905. The Morgan fingerprint density at radius 1 is 1.16 bits per heavy atom. The Bertz CT molecular complexity index is 398. The van der Waals surface area contributed by atoms with Gasteiger partial charge in [-0.3, -0.25) is 0 Å². The van der Waals surface area contributed by atoms with Gasteiger partial charge in [0.05, 0.1) is 5.69 Å². The smallest absolute Gasteiger partial charge is 0.237 e. The fourth-order valence-corrected chi connectivity index (χ4v) is 2.92. The number of ether oxygens (including phenoxy) is 1. The first-order valence-electron chi connectivity index (χ1n) is 7.51. The highest BCUT2D eigenvalue weighted by Gasteiger charge is 2.20. The summed E-state index contributed by atoms with van der Waals surface area (Å²) in [5.74, 6) is 0.830. The van der Waals surface area contributed by atoms with Crippen molar-refractivity contribution in [1.82, 2.24) is 10.3 Å². The highest BCUT2D eigenvalue weighted by Crippen LogP contribution is 2.29. The SMILES string of the molecule is c1cnc(OC2CCNCC2)c(N2CCCCC2)c1. The molecule has 4 heteroatoms. The minimum atomic E-state index is 0.319. The van der Waals surface area contributed by atoms with Crippen molar-refractivity contribution in [2.45, 2.75) is 38.2 Å². The maximum absolute atomic E-state index is 6.15. The van der Waals surface area contributed by atoms with Crippen LogP contribution in [0.1, 0.15) is 32.1 Å². The third kappa shape index (κ3) is 3.18. The van der Waals surface area contributed by atoms with Crippen LogP contribution in [0.4, 0.5) is 5.69 Å². The molecule has 4 nitrogen and oxygen atoms in total. The first-order chi connectivity index (χ1) is 9.43. The van der Waals surface area contributed by atoms with Gasteiger partial charge in [0.2, 0.25) is 5.88 Å². The normalized spacial score (nSPS) is 21.4. The van der Waals surface area contributed by atoms with Crippen LogP contribution in [0, 0.1) is 0 Å². The molecule has 3 heterocycles. The Hall–Kier alpha value is -1.29. The fraction of sp³-hybridized carbons (Fsp3) is 0.667. The molecule has 0 aromatic carbocycles. The minimum absolute atomic E-state index is 0.319. The van der Waals surface area contributed by atoms with Gasteiger partial charge in [0, 0.05) is 19.3 Å². The van der Waals surface area contributed by atoms with Crippen molar-refractivity contribution in [1.29, 1.82) is 0 Å². The Labute approximate surface area is 115 Å². The van der Waals surface area contributed by atoms with Crippen LogP contribution >= 0.6 is 0 Å². The summed E-state index contributed by atoms with van der Waals surface area (Å²) in [4.78, 5) is 6.89. The van der Waals surface area contributed by atoms with Crippen molar-refractivity contribution < 1.29 is 4.74 Å². The Kier molecular flexibility index (Phi) is 4.18. The van der Waals surface area contributed by atoms with Crippen LogP contribution in [0.25, 0.3) is 0 Å². The lowest BCUT2D eigenvalue weighted by Crippen LogP contribution is -2.35. The minimum Gasteiger partial charge on any atom is -0.473 e. The van der Waals surface area contributed by atoms with Gasteiger partial charge in [-0.15, -0.1) is 0 Å². The maximum atomic E-state index is 6.15. The van der Waals surface area contributed by atoms with E-state index in [0.29, 0.717) is 6.10 Å². The number of anilines is 1. The van der Waals surface area contributed by atoms with Crippen LogP contribution in [-0.4, -0.2) is 37.3 Å². The molecule has 1 aromatic heterocycles. The van der Waals surface area contributed by atoms with Crippen molar-refractivity contribution in [3.8, 4) is 5.88 Å². The number of piperidine rings is 2. The zero-order valence-electron chi connectivity index (χ0n) is 11.5. The van der Waals surface area contributed by atoms with Crippen molar-refractivity contribution in [2.24, 2.45) is 0 Å². The highest BCUT2D eigenvalue weighted by molar-refractivity contribution is 5.55. The van der Waals surface area contributed by atoms with E-state index in [1.165, 1.54) is 24.9 Å². The lowest BCUT2D eigenvalue weighted by atomic mass is 10.1. The molecule has 2 saturated heterocycles. The van der Waals surface area contributed by atoms with Crippen LogP contribution in [0.3, 0.4) is 0 Å². The molecule has 19 heavy (non-hydrogen) atoms. The molecule has 0 atom stereocenters. The molecule has 1 N–H and O–H groups in total. The second-order valence-electron chi connectivity index (χ2n) is 5.44. The lowest BCUT2D eigenvalue weighted by molar-refractivity contribution is 0.156.